The Hall–Kier alpha value is -1.29. The molecule has 0 spiro atoms. The van der Waals surface area contributed by atoms with Crippen LogP contribution in [-0.4, -0.2) is 23.7 Å². The molecule has 2 N–H and O–H groups in total. The highest BCUT2D eigenvalue weighted by Gasteiger charge is 2.18. The van der Waals surface area contributed by atoms with Crippen LogP contribution in [0.4, 0.5) is 0 Å². The second kappa shape index (κ2) is 5.70. The first kappa shape index (κ1) is 12.8. The van der Waals surface area contributed by atoms with E-state index in [9.17, 15) is 4.79 Å². The molecule has 1 aromatic heterocycles. The van der Waals surface area contributed by atoms with Gasteiger partial charge in [0.25, 0.3) is 5.91 Å². The summed E-state index contributed by atoms with van der Waals surface area (Å²) in [6.07, 6.45) is 0.765. The maximum absolute atomic E-state index is 11.7. The summed E-state index contributed by atoms with van der Waals surface area (Å²) in [5.41, 5.74) is 0. The molecule has 4 nitrogen and oxygen atoms in total. The number of rotatable bonds is 5. The van der Waals surface area contributed by atoms with Crippen LogP contribution >= 0.6 is 0 Å². The van der Waals surface area contributed by atoms with E-state index in [0.717, 1.165) is 12.2 Å². The number of carbonyl (C=O) groups is 1. The highest BCUT2D eigenvalue weighted by molar-refractivity contribution is 5.91. The fourth-order valence-electron chi connectivity index (χ4n) is 1.35. The number of hydrogen-bond acceptors (Lipinski definition) is 3. The van der Waals surface area contributed by atoms with Gasteiger partial charge in [-0.2, -0.15) is 0 Å². The minimum atomic E-state index is -0.271. The van der Waals surface area contributed by atoms with Gasteiger partial charge in [-0.1, -0.05) is 20.8 Å². The van der Waals surface area contributed by atoms with Gasteiger partial charge in [0, 0.05) is 6.42 Å². The summed E-state index contributed by atoms with van der Waals surface area (Å²) in [5.74, 6) is 1.01. The Balaban J connectivity index is 2.64. The zero-order chi connectivity index (χ0) is 12.1. The van der Waals surface area contributed by atoms with Crippen molar-refractivity contribution in [2.24, 2.45) is 5.92 Å². The van der Waals surface area contributed by atoms with Gasteiger partial charge in [0.05, 0.1) is 12.6 Å². The minimum Gasteiger partial charge on any atom is -0.456 e. The van der Waals surface area contributed by atoms with Gasteiger partial charge in [0.1, 0.15) is 5.76 Å². The van der Waals surface area contributed by atoms with Crippen LogP contribution in [0.3, 0.4) is 0 Å². The molecule has 0 radical (unpaired) electrons. The molecule has 0 fully saturated rings. The molecular formula is C12H19NO3. The van der Waals surface area contributed by atoms with Gasteiger partial charge in [-0.05, 0) is 18.1 Å². The maximum Gasteiger partial charge on any atom is 0.287 e. The molecule has 4 heteroatoms. The van der Waals surface area contributed by atoms with Crippen molar-refractivity contribution in [1.82, 2.24) is 5.32 Å². The third kappa shape index (κ3) is 3.10. The molecule has 1 atom stereocenters. The first-order chi connectivity index (χ1) is 7.58. The lowest BCUT2D eigenvalue weighted by atomic mass is 10.1. The number of nitrogens with one attached hydrogen (secondary N) is 1. The Labute approximate surface area is 95.7 Å². The van der Waals surface area contributed by atoms with E-state index in [1.807, 2.05) is 20.8 Å². The number of carbonyl (C=O) groups excluding carboxylic acids is 1. The quantitative estimate of drug-likeness (QED) is 0.800. The minimum absolute atomic E-state index is 0.0647. The number of hydrogen-bond donors (Lipinski definition) is 2. The molecular weight excluding hydrogens is 206 g/mol. The first-order valence-corrected chi connectivity index (χ1v) is 5.58. The van der Waals surface area contributed by atoms with Gasteiger partial charge >= 0.3 is 0 Å². The molecule has 90 valence electrons. The molecule has 1 amide bonds. The van der Waals surface area contributed by atoms with E-state index in [-0.39, 0.29) is 24.5 Å². The Morgan fingerprint density at radius 3 is 2.62 bits per heavy atom. The molecule has 1 heterocycles. The van der Waals surface area contributed by atoms with Crippen LogP contribution < -0.4 is 5.32 Å². The Morgan fingerprint density at radius 1 is 1.50 bits per heavy atom. The zero-order valence-corrected chi connectivity index (χ0v) is 9.99. The number of aliphatic hydroxyl groups excluding tert-OH is 1. The molecule has 0 aromatic carbocycles. The molecule has 1 unspecified atom stereocenters. The SMILES string of the molecule is CCc1ccc(C(=O)NC(CO)C(C)C)o1. The van der Waals surface area contributed by atoms with E-state index in [1.54, 1.807) is 12.1 Å². The van der Waals surface area contributed by atoms with Gasteiger partial charge < -0.3 is 14.8 Å². The smallest absolute Gasteiger partial charge is 0.287 e. The normalized spacial score (nSPS) is 12.8. The number of amides is 1. The van der Waals surface area contributed by atoms with Crippen molar-refractivity contribution in [3.05, 3.63) is 23.7 Å². The molecule has 16 heavy (non-hydrogen) atoms. The van der Waals surface area contributed by atoms with Crippen molar-refractivity contribution in [1.29, 1.82) is 0 Å². The van der Waals surface area contributed by atoms with Crippen molar-refractivity contribution in [3.8, 4) is 0 Å². The summed E-state index contributed by atoms with van der Waals surface area (Å²) < 4.78 is 5.33. The van der Waals surface area contributed by atoms with Crippen LogP contribution in [0.1, 0.15) is 37.1 Å². The molecule has 0 bridgehead atoms. The van der Waals surface area contributed by atoms with Crippen molar-refractivity contribution < 1.29 is 14.3 Å². The lowest BCUT2D eigenvalue weighted by Gasteiger charge is -2.18. The van der Waals surface area contributed by atoms with Crippen LogP contribution in [0.2, 0.25) is 0 Å². The van der Waals surface area contributed by atoms with Crippen LogP contribution in [0, 0.1) is 5.92 Å². The lowest BCUT2D eigenvalue weighted by Crippen LogP contribution is -2.40. The van der Waals surface area contributed by atoms with Crippen LogP contribution in [0.15, 0.2) is 16.5 Å². The monoisotopic (exact) mass is 225 g/mol. The van der Waals surface area contributed by atoms with Gasteiger partial charge in [-0.3, -0.25) is 4.79 Å². The van der Waals surface area contributed by atoms with Gasteiger partial charge in [-0.15, -0.1) is 0 Å². The molecule has 0 aliphatic heterocycles. The van der Waals surface area contributed by atoms with Gasteiger partial charge in [-0.25, -0.2) is 0 Å². The maximum atomic E-state index is 11.7. The Kier molecular flexibility index (Phi) is 4.55. The summed E-state index contributed by atoms with van der Waals surface area (Å²) in [4.78, 5) is 11.7. The van der Waals surface area contributed by atoms with E-state index in [0.29, 0.717) is 5.76 Å². The third-order valence-electron chi connectivity index (χ3n) is 2.55. The van der Waals surface area contributed by atoms with E-state index >= 15 is 0 Å². The number of aryl methyl sites for hydroxylation is 1. The van der Waals surface area contributed by atoms with Crippen LogP contribution in [-0.2, 0) is 6.42 Å². The van der Waals surface area contributed by atoms with Crippen molar-refractivity contribution in [2.75, 3.05) is 6.61 Å². The van der Waals surface area contributed by atoms with E-state index in [4.69, 9.17) is 9.52 Å². The predicted octanol–water partition coefficient (Wildman–Crippen LogP) is 1.59. The van der Waals surface area contributed by atoms with E-state index < -0.39 is 0 Å². The van der Waals surface area contributed by atoms with Crippen molar-refractivity contribution in [2.45, 2.75) is 33.2 Å². The van der Waals surface area contributed by atoms with Crippen LogP contribution in [0.25, 0.3) is 0 Å². The fraction of sp³-hybridized carbons (Fsp3) is 0.583. The van der Waals surface area contributed by atoms with E-state index in [2.05, 4.69) is 5.32 Å². The zero-order valence-electron chi connectivity index (χ0n) is 9.99. The molecule has 1 rings (SSSR count). The average Bonchev–Trinajstić information content (AvgIpc) is 2.73. The molecule has 0 aliphatic rings. The summed E-state index contributed by atoms with van der Waals surface area (Å²) in [7, 11) is 0. The predicted molar refractivity (Wildman–Crippen MR) is 61.3 cm³/mol. The second-order valence-corrected chi connectivity index (χ2v) is 4.13. The average molecular weight is 225 g/mol. The fourth-order valence-corrected chi connectivity index (χ4v) is 1.35. The Morgan fingerprint density at radius 2 is 2.19 bits per heavy atom. The van der Waals surface area contributed by atoms with Crippen molar-refractivity contribution >= 4 is 5.91 Å². The first-order valence-electron chi connectivity index (χ1n) is 5.58. The summed E-state index contributed by atoms with van der Waals surface area (Å²) >= 11 is 0. The Bertz CT molecular complexity index is 344. The summed E-state index contributed by atoms with van der Waals surface area (Å²) in [6.45, 7) is 5.79. The highest BCUT2D eigenvalue weighted by Crippen LogP contribution is 2.09. The largest absolute Gasteiger partial charge is 0.456 e. The van der Waals surface area contributed by atoms with Gasteiger partial charge in [0.2, 0.25) is 0 Å². The highest BCUT2D eigenvalue weighted by atomic mass is 16.3. The molecule has 1 aromatic rings. The van der Waals surface area contributed by atoms with E-state index in [1.165, 1.54) is 0 Å². The van der Waals surface area contributed by atoms with Crippen molar-refractivity contribution in [3.63, 3.8) is 0 Å². The molecule has 0 saturated carbocycles. The summed E-state index contributed by atoms with van der Waals surface area (Å²) in [6, 6.07) is 3.21. The topological polar surface area (TPSA) is 62.5 Å². The third-order valence-corrected chi connectivity index (χ3v) is 2.55. The number of furan rings is 1. The van der Waals surface area contributed by atoms with Gasteiger partial charge in [0.15, 0.2) is 5.76 Å². The lowest BCUT2D eigenvalue weighted by molar-refractivity contribution is 0.0867. The second-order valence-electron chi connectivity index (χ2n) is 4.13. The summed E-state index contributed by atoms with van der Waals surface area (Å²) in [5, 5.41) is 11.8. The van der Waals surface area contributed by atoms with Crippen LogP contribution in [0.5, 0.6) is 0 Å². The number of aliphatic hydroxyl groups is 1. The molecule has 0 saturated heterocycles. The standard InChI is InChI=1S/C12H19NO3/c1-4-9-5-6-11(16-9)12(15)13-10(7-14)8(2)3/h5-6,8,10,14H,4,7H2,1-3H3,(H,13,15). The molecule has 0 aliphatic carbocycles.